The number of carboxylic acid groups (broad SMARTS) is 1. The number of nitrogens with zero attached hydrogens (tertiary/aromatic N) is 1. The number of carboxylic acids is 1. The standard InChI is InChI=1S/C12H16N2O6S/c1-14(11(15)6-5-10(13)12(16)17)8-3-2-4-9(7-8)21(18,19)20/h2-4,7,10H,5-6,13H2,1H3,(H,16,17)(H,18,19,20)/t10-/m0/s1. The maximum absolute atomic E-state index is 11.9. The van der Waals surface area contributed by atoms with Gasteiger partial charge < -0.3 is 15.7 Å². The number of amides is 1. The summed E-state index contributed by atoms with van der Waals surface area (Å²) in [7, 11) is -2.94. The summed E-state index contributed by atoms with van der Waals surface area (Å²) in [6, 6.07) is 4.07. The van der Waals surface area contributed by atoms with Crippen LogP contribution in [0.5, 0.6) is 0 Å². The lowest BCUT2D eigenvalue weighted by atomic mass is 10.1. The molecule has 0 spiro atoms. The van der Waals surface area contributed by atoms with E-state index in [1.807, 2.05) is 0 Å². The zero-order valence-corrected chi connectivity index (χ0v) is 12.1. The van der Waals surface area contributed by atoms with Crippen LogP contribution in [0, 0.1) is 0 Å². The molecule has 116 valence electrons. The molecular formula is C12H16N2O6S. The second-order valence-electron chi connectivity index (χ2n) is 4.41. The molecule has 0 unspecified atom stereocenters. The summed E-state index contributed by atoms with van der Waals surface area (Å²) in [5, 5.41) is 8.63. The highest BCUT2D eigenvalue weighted by molar-refractivity contribution is 7.85. The van der Waals surface area contributed by atoms with E-state index in [0.717, 1.165) is 6.07 Å². The monoisotopic (exact) mass is 316 g/mol. The highest BCUT2D eigenvalue weighted by Crippen LogP contribution is 2.19. The fourth-order valence-electron chi connectivity index (χ4n) is 1.57. The Bertz CT molecular complexity index is 643. The van der Waals surface area contributed by atoms with Crippen LogP contribution in [0.4, 0.5) is 5.69 Å². The molecule has 0 bridgehead atoms. The molecule has 0 aliphatic heterocycles. The minimum atomic E-state index is -4.36. The molecule has 0 fully saturated rings. The van der Waals surface area contributed by atoms with Crippen LogP contribution in [-0.4, -0.2) is 43.0 Å². The van der Waals surface area contributed by atoms with Crippen molar-refractivity contribution in [2.24, 2.45) is 5.73 Å². The van der Waals surface area contributed by atoms with Gasteiger partial charge in [0.2, 0.25) is 5.91 Å². The average Bonchev–Trinajstić information content (AvgIpc) is 2.42. The van der Waals surface area contributed by atoms with Crippen LogP contribution >= 0.6 is 0 Å². The Morgan fingerprint density at radius 3 is 2.52 bits per heavy atom. The van der Waals surface area contributed by atoms with Crippen molar-refractivity contribution in [1.29, 1.82) is 0 Å². The van der Waals surface area contributed by atoms with Gasteiger partial charge in [0.15, 0.2) is 0 Å². The Morgan fingerprint density at radius 2 is 2.00 bits per heavy atom. The molecule has 0 saturated heterocycles. The number of nitrogens with two attached hydrogens (primary N) is 1. The molecule has 1 amide bonds. The summed E-state index contributed by atoms with van der Waals surface area (Å²) in [4.78, 5) is 23.3. The predicted octanol–water partition coefficient (Wildman–Crippen LogP) is 0.0882. The molecule has 8 nitrogen and oxygen atoms in total. The Balaban J connectivity index is 2.81. The van der Waals surface area contributed by atoms with Gasteiger partial charge in [-0.15, -0.1) is 0 Å². The third kappa shape index (κ3) is 4.81. The van der Waals surface area contributed by atoms with Crippen LogP contribution < -0.4 is 10.6 Å². The van der Waals surface area contributed by atoms with Crippen LogP contribution in [0.3, 0.4) is 0 Å². The molecule has 0 radical (unpaired) electrons. The van der Waals surface area contributed by atoms with Gasteiger partial charge in [-0.2, -0.15) is 8.42 Å². The molecule has 21 heavy (non-hydrogen) atoms. The maximum atomic E-state index is 11.9. The van der Waals surface area contributed by atoms with Gasteiger partial charge in [-0.25, -0.2) is 0 Å². The molecule has 0 aliphatic carbocycles. The van der Waals surface area contributed by atoms with Crippen molar-refractivity contribution >= 4 is 27.7 Å². The largest absolute Gasteiger partial charge is 0.480 e. The quantitative estimate of drug-likeness (QED) is 0.632. The molecule has 1 aromatic carbocycles. The smallest absolute Gasteiger partial charge is 0.320 e. The molecule has 1 aromatic rings. The van der Waals surface area contributed by atoms with Crippen molar-refractivity contribution in [3.05, 3.63) is 24.3 Å². The number of anilines is 1. The summed E-state index contributed by atoms with van der Waals surface area (Å²) >= 11 is 0. The van der Waals surface area contributed by atoms with E-state index >= 15 is 0 Å². The van der Waals surface area contributed by atoms with E-state index in [2.05, 4.69) is 0 Å². The number of hydrogen-bond donors (Lipinski definition) is 3. The molecule has 1 rings (SSSR count). The van der Waals surface area contributed by atoms with E-state index < -0.39 is 28.0 Å². The van der Waals surface area contributed by atoms with Gasteiger partial charge >= 0.3 is 5.97 Å². The number of hydrogen-bond acceptors (Lipinski definition) is 5. The molecule has 1 atom stereocenters. The van der Waals surface area contributed by atoms with Crippen molar-refractivity contribution in [2.45, 2.75) is 23.8 Å². The second-order valence-corrected chi connectivity index (χ2v) is 5.83. The van der Waals surface area contributed by atoms with Gasteiger partial charge in [0.05, 0.1) is 4.90 Å². The zero-order chi connectivity index (χ0) is 16.2. The molecular weight excluding hydrogens is 300 g/mol. The summed E-state index contributed by atoms with van der Waals surface area (Å²) in [6.45, 7) is 0. The van der Waals surface area contributed by atoms with Crippen LogP contribution in [0.15, 0.2) is 29.2 Å². The lowest BCUT2D eigenvalue weighted by molar-refractivity contribution is -0.138. The van der Waals surface area contributed by atoms with E-state index in [1.54, 1.807) is 0 Å². The summed E-state index contributed by atoms with van der Waals surface area (Å²) in [5.41, 5.74) is 5.57. The Morgan fingerprint density at radius 1 is 1.38 bits per heavy atom. The third-order valence-electron chi connectivity index (χ3n) is 2.86. The van der Waals surface area contributed by atoms with Crippen molar-refractivity contribution in [3.8, 4) is 0 Å². The van der Waals surface area contributed by atoms with E-state index in [9.17, 15) is 18.0 Å². The lowest BCUT2D eigenvalue weighted by Crippen LogP contribution is -2.33. The van der Waals surface area contributed by atoms with Gasteiger partial charge in [-0.3, -0.25) is 14.1 Å². The molecule has 0 saturated carbocycles. The molecule has 4 N–H and O–H groups in total. The first-order valence-electron chi connectivity index (χ1n) is 5.95. The van der Waals surface area contributed by atoms with E-state index in [4.69, 9.17) is 15.4 Å². The van der Waals surface area contributed by atoms with Gasteiger partial charge in [-0.1, -0.05) is 6.07 Å². The first-order valence-corrected chi connectivity index (χ1v) is 7.39. The van der Waals surface area contributed by atoms with Crippen LogP contribution in [-0.2, 0) is 19.7 Å². The number of rotatable bonds is 6. The normalized spacial score (nSPS) is 12.7. The van der Waals surface area contributed by atoms with Crippen molar-refractivity contribution in [1.82, 2.24) is 0 Å². The van der Waals surface area contributed by atoms with Gasteiger partial charge in [0, 0.05) is 19.2 Å². The second kappa shape index (κ2) is 6.66. The van der Waals surface area contributed by atoms with Crippen molar-refractivity contribution in [2.75, 3.05) is 11.9 Å². The van der Waals surface area contributed by atoms with Gasteiger partial charge in [-0.05, 0) is 24.6 Å². The van der Waals surface area contributed by atoms with Crippen LogP contribution in [0.1, 0.15) is 12.8 Å². The van der Waals surface area contributed by atoms with Crippen molar-refractivity contribution in [3.63, 3.8) is 0 Å². The highest BCUT2D eigenvalue weighted by atomic mass is 32.2. The minimum Gasteiger partial charge on any atom is -0.480 e. The average molecular weight is 316 g/mol. The number of benzene rings is 1. The fraction of sp³-hybridized carbons (Fsp3) is 0.333. The van der Waals surface area contributed by atoms with Crippen LogP contribution in [0.25, 0.3) is 0 Å². The first kappa shape index (κ1) is 17.1. The molecule has 0 aromatic heterocycles. The molecule has 0 aliphatic rings. The van der Waals surface area contributed by atoms with Crippen LogP contribution in [0.2, 0.25) is 0 Å². The zero-order valence-electron chi connectivity index (χ0n) is 11.3. The number of carbonyl (C=O) groups excluding carboxylic acids is 1. The summed E-state index contributed by atoms with van der Waals surface area (Å²) < 4.78 is 31.0. The summed E-state index contributed by atoms with van der Waals surface area (Å²) in [6.07, 6.45) is -0.128. The SMILES string of the molecule is CN(C(=O)CC[C@H](N)C(=O)O)c1cccc(S(=O)(=O)O)c1. The van der Waals surface area contributed by atoms with E-state index in [-0.39, 0.29) is 23.4 Å². The molecule has 9 heteroatoms. The van der Waals surface area contributed by atoms with Crippen molar-refractivity contribution < 1.29 is 27.7 Å². The third-order valence-corrected chi connectivity index (χ3v) is 3.71. The number of carbonyl (C=O) groups is 2. The Hall–Kier alpha value is -1.97. The Kier molecular flexibility index (Phi) is 5.41. The lowest BCUT2D eigenvalue weighted by Gasteiger charge is -2.18. The van der Waals surface area contributed by atoms with E-state index in [1.165, 1.54) is 30.1 Å². The highest BCUT2D eigenvalue weighted by Gasteiger charge is 2.18. The topological polar surface area (TPSA) is 138 Å². The van der Waals surface area contributed by atoms with Gasteiger partial charge in [0.1, 0.15) is 6.04 Å². The maximum Gasteiger partial charge on any atom is 0.320 e. The fourth-order valence-corrected chi connectivity index (χ4v) is 2.09. The number of aliphatic carboxylic acids is 1. The summed E-state index contributed by atoms with van der Waals surface area (Å²) in [5.74, 6) is -1.61. The Labute approximate surface area is 121 Å². The predicted molar refractivity (Wildman–Crippen MR) is 74.5 cm³/mol. The minimum absolute atomic E-state index is 0.0313. The molecule has 0 heterocycles. The van der Waals surface area contributed by atoms with Gasteiger partial charge in [0.25, 0.3) is 10.1 Å². The first-order chi connectivity index (χ1) is 9.62. The van der Waals surface area contributed by atoms with E-state index in [0.29, 0.717) is 0 Å².